The number of anilines is 3. The summed E-state index contributed by atoms with van der Waals surface area (Å²) in [5.74, 6) is 1.39. The van der Waals surface area contributed by atoms with Crippen LogP contribution in [-0.2, 0) is 0 Å². The van der Waals surface area contributed by atoms with Gasteiger partial charge in [0.05, 0.1) is 11.6 Å². The molecule has 1 aromatic carbocycles. The van der Waals surface area contributed by atoms with Crippen LogP contribution in [0.3, 0.4) is 0 Å². The van der Waals surface area contributed by atoms with E-state index in [0.29, 0.717) is 17.6 Å². The van der Waals surface area contributed by atoms with Crippen LogP contribution in [0.1, 0.15) is 37.7 Å². The molecular formula is C17H19N5. The Morgan fingerprint density at radius 3 is 2.82 bits per heavy atom. The van der Waals surface area contributed by atoms with Crippen LogP contribution in [0.2, 0.25) is 0 Å². The van der Waals surface area contributed by atoms with Gasteiger partial charge in [-0.05, 0) is 37.1 Å². The van der Waals surface area contributed by atoms with Crippen molar-refractivity contribution >= 4 is 17.5 Å². The highest BCUT2D eigenvalue weighted by molar-refractivity contribution is 5.57. The zero-order valence-corrected chi connectivity index (χ0v) is 12.4. The van der Waals surface area contributed by atoms with Crippen LogP contribution in [0.5, 0.6) is 0 Å². The minimum atomic E-state index is 0.512. The van der Waals surface area contributed by atoms with Gasteiger partial charge in [0.1, 0.15) is 5.82 Å². The Bertz CT molecular complexity index is 671. The summed E-state index contributed by atoms with van der Waals surface area (Å²) in [6.45, 7) is 0. The lowest BCUT2D eigenvalue weighted by molar-refractivity contribution is 0.462. The molecule has 2 aromatic rings. The van der Waals surface area contributed by atoms with Gasteiger partial charge in [-0.25, -0.2) is 4.98 Å². The molecule has 22 heavy (non-hydrogen) atoms. The Morgan fingerprint density at radius 2 is 2.00 bits per heavy atom. The zero-order valence-electron chi connectivity index (χ0n) is 12.4. The molecule has 0 atom stereocenters. The van der Waals surface area contributed by atoms with E-state index in [2.05, 4.69) is 26.7 Å². The second-order valence-corrected chi connectivity index (χ2v) is 5.56. The Labute approximate surface area is 130 Å². The van der Waals surface area contributed by atoms with Crippen LogP contribution >= 0.6 is 0 Å². The number of nitriles is 1. The second-order valence-electron chi connectivity index (χ2n) is 5.56. The highest BCUT2D eigenvalue weighted by Crippen LogP contribution is 2.21. The smallest absolute Gasteiger partial charge is 0.229 e. The minimum Gasteiger partial charge on any atom is -0.367 e. The Hall–Kier alpha value is -2.61. The van der Waals surface area contributed by atoms with E-state index in [1.807, 2.05) is 18.2 Å². The molecule has 5 heteroatoms. The third kappa shape index (κ3) is 3.73. The van der Waals surface area contributed by atoms with Crippen molar-refractivity contribution in [3.8, 4) is 6.07 Å². The molecule has 5 nitrogen and oxygen atoms in total. The molecule has 0 amide bonds. The monoisotopic (exact) mass is 293 g/mol. The Kier molecular flexibility index (Phi) is 4.50. The van der Waals surface area contributed by atoms with E-state index in [4.69, 9.17) is 5.26 Å². The fourth-order valence-corrected chi connectivity index (χ4v) is 2.75. The SMILES string of the molecule is N#Cc1cccc(Nc2nccc(NC3CCCCC3)n2)c1. The summed E-state index contributed by atoms with van der Waals surface area (Å²) in [5, 5.41) is 15.6. The molecule has 1 aromatic heterocycles. The topological polar surface area (TPSA) is 73.6 Å². The van der Waals surface area contributed by atoms with E-state index in [-0.39, 0.29) is 0 Å². The van der Waals surface area contributed by atoms with Crippen LogP contribution < -0.4 is 10.6 Å². The Morgan fingerprint density at radius 1 is 1.14 bits per heavy atom. The third-order valence-electron chi connectivity index (χ3n) is 3.86. The van der Waals surface area contributed by atoms with E-state index in [1.54, 1.807) is 18.3 Å². The van der Waals surface area contributed by atoms with E-state index >= 15 is 0 Å². The lowest BCUT2D eigenvalue weighted by atomic mass is 9.95. The number of nitrogens with zero attached hydrogens (tertiary/aromatic N) is 3. The van der Waals surface area contributed by atoms with Crippen molar-refractivity contribution in [3.63, 3.8) is 0 Å². The average molecular weight is 293 g/mol. The molecule has 112 valence electrons. The predicted octanol–water partition coefficient (Wildman–Crippen LogP) is 3.84. The molecule has 0 aliphatic heterocycles. The maximum Gasteiger partial charge on any atom is 0.229 e. The predicted molar refractivity (Wildman–Crippen MR) is 87.0 cm³/mol. The summed E-state index contributed by atoms with van der Waals surface area (Å²) in [4.78, 5) is 8.74. The maximum absolute atomic E-state index is 8.94. The molecule has 1 aliphatic rings. The van der Waals surface area contributed by atoms with E-state index in [9.17, 15) is 0 Å². The highest BCUT2D eigenvalue weighted by atomic mass is 15.1. The largest absolute Gasteiger partial charge is 0.367 e. The van der Waals surface area contributed by atoms with Crippen LogP contribution in [0.15, 0.2) is 36.5 Å². The summed E-state index contributed by atoms with van der Waals surface area (Å²) in [5.41, 5.74) is 1.43. The first-order valence-corrected chi connectivity index (χ1v) is 7.70. The minimum absolute atomic E-state index is 0.512. The molecule has 1 aliphatic carbocycles. The molecular weight excluding hydrogens is 274 g/mol. The molecule has 2 N–H and O–H groups in total. The first-order chi connectivity index (χ1) is 10.8. The molecule has 0 radical (unpaired) electrons. The normalized spacial score (nSPS) is 15.0. The van der Waals surface area contributed by atoms with Gasteiger partial charge in [-0.3, -0.25) is 0 Å². The number of nitrogens with one attached hydrogen (secondary N) is 2. The first-order valence-electron chi connectivity index (χ1n) is 7.70. The van der Waals surface area contributed by atoms with E-state index < -0.39 is 0 Å². The summed E-state index contributed by atoms with van der Waals surface area (Å²) < 4.78 is 0. The van der Waals surface area contributed by atoms with Crippen LogP contribution in [0, 0.1) is 11.3 Å². The van der Waals surface area contributed by atoms with Crippen molar-refractivity contribution in [2.75, 3.05) is 10.6 Å². The maximum atomic E-state index is 8.94. The molecule has 1 saturated carbocycles. The first kappa shape index (κ1) is 14.3. The number of rotatable bonds is 4. The molecule has 0 unspecified atom stereocenters. The molecule has 0 bridgehead atoms. The Balaban J connectivity index is 1.69. The summed E-state index contributed by atoms with van der Waals surface area (Å²) in [7, 11) is 0. The quantitative estimate of drug-likeness (QED) is 0.896. The van der Waals surface area contributed by atoms with Gasteiger partial charge < -0.3 is 10.6 Å². The van der Waals surface area contributed by atoms with Crippen molar-refractivity contribution in [1.82, 2.24) is 9.97 Å². The van der Waals surface area contributed by atoms with Crippen molar-refractivity contribution in [3.05, 3.63) is 42.1 Å². The van der Waals surface area contributed by atoms with Gasteiger partial charge in [0.25, 0.3) is 0 Å². The standard InChI is InChI=1S/C17H19N5/c18-12-13-5-4-8-15(11-13)21-17-19-10-9-16(22-17)20-14-6-2-1-3-7-14/h4-5,8-11,14H,1-3,6-7H2,(H2,19,20,21,22). The average Bonchev–Trinajstić information content (AvgIpc) is 2.56. The zero-order chi connectivity index (χ0) is 15.2. The molecule has 3 rings (SSSR count). The lowest BCUT2D eigenvalue weighted by Crippen LogP contribution is -2.22. The number of hydrogen-bond acceptors (Lipinski definition) is 5. The lowest BCUT2D eigenvalue weighted by Gasteiger charge is -2.23. The van der Waals surface area contributed by atoms with Gasteiger partial charge in [0.15, 0.2) is 0 Å². The third-order valence-corrected chi connectivity index (χ3v) is 3.86. The van der Waals surface area contributed by atoms with E-state index in [1.165, 1.54) is 32.1 Å². The molecule has 1 fully saturated rings. The molecule has 0 spiro atoms. The number of benzene rings is 1. The highest BCUT2D eigenvalue weighted by Gasteiger charge is 2.13. The van der Waals surface area contributed by atoms with Crippen molar-refractivity contribution < 1.29 is 0 Å². The second kappa shape index (κ2) is 6.90. The van der Waals surface area contributed by atoms with Gasteiger partial charge in [0.2, 0.25) is 5.95 Å². The van der Waals surface area contributed by atoms with Crippen molar-refractivity contribution in [2.24, 2.45) is 0 Å². The number of hydrogen-bond donors (Lipinski definition) is 2. The van der Waals surface area contributed by atoms with E-state index in [0.717, 1.165) is 11.5 Å². The van der Waals surface area contributed by atoms with Crippen LogP contribution in [0.4, 0.5) is 17.5 Å². The summed E-state index contributed by atoms with van der Waals surface area (Å²) in [6.07, 6.45) is 8.07. The molecule has 0 saturated heterocycles. The molecule has 1 heterocycles. The van der Waals surface area contributed by atoms with Gasteiger partial charge in [-0.1, -0.05) is 25.3 Å². The fraction of sp³-hybridized carbons (Fsp3) is 0.353. The van der Waals surface area contributed by atoms with Gasteiger partial charge in [-0.2, -0.15) is 10.2 Å². The van der Waals surface area contributed by atoms with Gasteiger partial charge >= 0.3 is 0 Å². The van der Waals surface area contributed by atoms with Crippen molar-refractivity contribution in [1.29, 1.82) is 5.26 Å². The summed E-state index contributed by atoms with van der Waals surface area (Å²) >= 11 is 0. The van der Waals surface area contributed by atoms with Gasteiger partial charge in [0, 0.05) is 17.9 Å². The van der Waals surface area contributed by atoms with Crippen molar-refractivity contribution in [2.45, 2.75) is 38.1 Å². The summed E-state index contributed by atoms with van der Waals surface area (Å²) in [6, 6.07) is 11.8. The van der Waals surface area contributed by atoms with Crippen LogP contribution in [-0.4, -0.2) is 16.0 Å². The van der Waals surface area contributed by atoms with Gasteiger partial charge in [-0.15, -0.1) is 0 Å². The number of aromatic nitrogens is 2. The van der Waals surface area contributed by atoms with Crippen LogP contribution in [0.25, 0.3) is 0 Å². The fourth-order valence-electron chi connectivity index (χ4n) is 2.75.